The Kier molecular flexibility index (Phi) is 15.6. The van der Waals surface area contributed by atoms with E-state index in [2.05, 4.69) is 11.7 Å². The van der Waals surface area contributed by atoms with Crippen LogP contribution in [-0.4, -0.2) is 18.2 Å². The van der Waals surface area contributed by atoms with Gasteiger partial charge in [-0.3, -0.25) is 4.79 Å². The van der Waals surface area contributed by atoms with Crippen molar-refractivity contribution in [2.24, 2.45) is 0 Å². The van der Waals surface area contributed by atoms with E-state index in [-0.39, 0.29) is 5.97 Å². The van der Waals surface area contributed by atoms with Gasteiger partial charge < -0.3 is 9.84 Å². The lowest BCUT2D eigenvalue weighted by atomic mass is 10.1. The summed E-state index contributed by atoms with van der Waals surface area (Å²) in [6.45, 7) is 2.23. The van der Waals surface area contributed by atoms with Gasteiger partial charge in [0, 0.05) is 12.8 Å². The van der Waals surface area contributed by atoms with Crippen molar-refractivity contribution in [3.8, 4) is 0 Å². The van der Waals surface area contributed by atoms with Crippen LogP contribution in [0.25, 0.3) is 0 Å². The molecule has 0 bridgehead atoms. The number of carbonyl (C=O) groups is 1. The van der Waals surface area contributed by atoms with E-state index < -0.39 is 0 Å². The predicted octanol–water partition coefficient (Wildman–Crippen LogP) is 6.08. The topological polar surface area (TPSA) is 46.5 Å². The zero-order valence-corrected chi connectivity index (χ0v) is 14.7. The number of ether oxygens (including phenoxy) is 1. The average molecular weight is 312 g/mol. The van der Waals surface area contributed by atoms with E-state index in [1.165, 1.54) is 45.6 Å². The lowest BCUT2D eigenvalue weighted by Gasteiger charge is -2.02. The van der Waals surface area contributed by atoms with Crippen LogP contribution in [0.5, 0.6) is 0 Å². The molecule has 3 nitrogen and oxygen atoms in total. The monoisotopic (exact) mass is 312 g/mol. The first-order valence-electron chi connectivity index (χ1n) is 9.15. The van der Waals surface area contributed by atoms with Gasteiger partial charge in [-0.1, -0.05) is 58.3 Å². The minimum Gasteiger partial charge on any atom is -0.513 e. The number of esters is 1. The van der Waals surface area contributed by atoms with E-state index in [9.17, 15) is 9.90 Å². The molecule has 0 aromatic rings. The molecule has 0 saturated carbocycles. The number of aliphatic hydroxyl groups excluding tert-OH is 1. The molecule has 22 heavy (non-hydrogen) atoms. The Labute approximate surface area is 137 Å². The molecule has 0 amide bonds. The Balaban J connectivity index is 3.31. The van der Waals surface area contributed by atoms with Crippen molar-refractivity contribution in [1.29, 1.82) is 0 Å². The second kappa shape index (κ2) is 16.4. The summed E-state index contributed by atoms with van der Waals surface area (Å²) in [6.07, 6.45) is 17.4. The van der Waals surface area contributed by atoms with Crippen molar-refractivity contribution in [2.75, 3.05) is 7.11 Å². The van der Waals surface area contributed by atoms with Crippen molar-refractivity contribution < 1.29 is 14.6 Å². The molecule has 3 heteroatoms. The van der Waals surface area contributed by atoms with Crippen LogP contribution in [-0.2, 0) is 9.53 Å². The van der Waals surface area contributed by atoms with Crippen LogP contribution in [0.15, 0.2) is 11.8 Å². The highest BCUT2D eigenvalue weighted by Crippen LogP contribution is 2.12. The van der Waals surface area contributed by atoms with E-state index in [1.807, 2.05) is 6.08 Å². The summed E-state index contributed by atoms with van der Waals surface area (Å²) in [6, 6.07) is 0. The first kappa shape index (κ1) is 21.0. The Hall–Kier alpha value is -0.990. The molecule has 0 fully saturated rings. The lowest BCUT2D eigenvalue weighted by molar-refractivity contribution is -0.140. The number of methoxy groups -OCH3 is 1. The molecule has 0 aromatic carbocycles. The standard InChI is InChI=1S/C19H36O3/c1-3-4-5-6-9-12-15-18(20)16-13-10-7-8-11-14-17-19(21)22-2/h16,20H,3-15,17H2,1-2H3/b18-16+. The first-order chi connectivity index (χ1) is 10.7. The molecule has 0 radical (unpaired) electrons. The van der Waals surface area contributed by atoms with Crippen LogP contribution in [0.3, 0.4) is 0 Å². The quantitative estimate of drug-likeness (QED) is 0.226. The van der Waals surface area contributed by atoms with E-state index >= 15 is 0 Å². The third-order valence-corrected chi connectivity index (χ3v) is 3.98. The van der Waals surface area contributed by atoms with Crippen LogP contribution >= 0.6 is 0 Å². The second-order valence-corrected chi connectivity index (χ2v) is 6.10. The fourth-order valence-corrected chi connectivity index (χ4v) is 2.50. The highest BCUT2D eigenvalue weighted by atomic mass is 16.5. The smallest absolute Gasteiger partial charge is 0.305 e. The SMILES string of the molecule is CCCCCCCC/C(O)=C\CCCCCCCC(=O)OC. The molecule has 0 heterocycles. The first-order valence-corrected chi connectivity index (χ1v) is 9.15. The molecule has 0 spiro atoms. The molecule has 130 valence electrons. The van der Waals surface area contributed by atoms with E-state index in [1.54, 1.807) is 0 Å². The molecule has 1 N–H and O–H groups in total. The largest absolute Gasteiger partial charge is 0.513 e. The van der Waals surface area contributed by atoms with Crippen molar-refractivity contribution in [1.82, 2.24) is 0 Å². The molecule has 0 atom stereocenters. The normalized spacial score (nSPS) is 11.6. The van der Waals surface area contributed by atoms with Crippen LogP contribution in [0, 0.1) is 0 Å². The zero-order chi connectivity index (χ0) is 16.5. The van der Waals surface area contributed by atoms with Gasteiger partial charge >= 0.3 is 5.97 Å². The zero-order valence-electron chi connectivity index (χ0n) is 14.7. The number of allylic oxidation sites excluding steroid dienone is 2. The number of hydrogen-bond acceptors (Lipinski definition) is 3. The molecule has 0 unspecified atom stereocenters. The fourth-order valence-electron chi connectivity index (χ4n) is 2.50. The fraction of sp³-hybridized carbons (Fsp3) is 0.842. The van der Waals surface area contributed by atoms with Crippen LogP contribution in [0.4, 0.5) is 0 Å². The molecule has 0 aromatic heterocycles. The second-order valence-electron chi connectivity index (χ2n) is 6.10. The molecule has 0 aliphatic heterocycles. The maximum atomic E-state index is 10.9. The number of carbonyl (C=O) groups excluding carboxylic acids is 1. The third kappa shape index (κ3) is 15.4. The van der Waals surface area contributed by atoms with Gasteiger partial charge in [-0.05, 0) is 31.8 Å². The Morgan fingerprint density at radius 1 is 0.864 bits per heavy atom. The molecule has 0 saturated heterocycles. The van der Waals surface area contributed by atoms with Crippen molar-refractivity contribution >= 4 is 5.97 Å². The van der Waals surface area contributed by atoms with Gasteiger partial charge in [0.1, 0.15) is 0 Å². The van der Waals surface area contributed by atoms with E-state index in [4.69, 9.17) is 0 Å². The Bertz CT molecular complexity index is 284. The summed E-state index contributed by atoms with van der Waals surface area (Å²) < 4.78 is 4.61. The summed E-state index contributed by atoms with van der Waals surface area (Å²) in [5.74, 6) is 0.462. The summed E-state index contributed by atoms with van der Waals surface area (Å²) in [5, 5.41) is 9.79. The van der Waals surface area contributed by atoms with Gasteiger partial charge in [0.25, 0.3) is 0 Å². The summed E-state index contributed by atoms with van der Waals surface area (Å²) in [5.41, 5.74) is 0. The number of hydrogen-bond donors (Lipinski definition) is 1. The lowest BCUT2D eigenvalue weighted by Crippen LogP contribution is -1.99. The number of rotatable bonds is 15. The minimum atomic E-state index is -0.109. The van der Waals surface area contributed by atoms with Gasteiger partial charge in [-0.2, -0.15) is 0 Å². The van der Waals surface area contributed by atoms with Crippen LogP contribution < -0.4 is 0 Å². The molecule has 0 aliphatic carbocycles. The van der Waals surface area contributed by atoms with E-state index in [0.29, 0.717) is 12.2 Å². The van der Waals surface area contributed by atoms with Gasteiger partial charge in [0.05, 0.1) is 12.9 Å². The number of aliphatic hydroxyl groups is 1. The van der Waals surface area contributed by atoms with Crippen molar-refractivity contribution in [3.05, 3.63) is 11.8 Å². The summed E-state index contributed by atoms with van der Waals surface area (Å²) >= 11 is 0. The van der Waals surface area contributed by atoms with Gasteiger partial charge in [0.2, 0.25) is 0 Å². The average Bonchev–Trinajstić information content (AvgIpc) is 2.52. The van der Waals surface area contributed by atoms with Crippen LogP contribution in [0.2, 0.25) is 0 Å². The van der Waals surface area contributed by atoms with E-state index in [0.717, 1.165) is 44.9 Å². The molecule has 0 aliphatic rings. The Morgan fingerprint density at radius 2 is 1.41 bits per heavy atom. The van der Waals surface area contributed by atoms with Gasteiger partial charge in [-0.25, -0.2) is 0 Å². The Morgan fingerprint density at radius 3 is 2.05 bits per heavy atom. The van der Waals surface area contributed by atoms with Crippen molar-refractivity contribution in [3.63, 3.8) is 0 Å². The minimum absolute atomic E-state index is 0.109. The number of unbranched alkanes of at least 4 members (excludes halogenated alkanes) is 10. The molecular formula is C19H36O3. The molecular weight excluding hydrogens is 276 g/mol. The maximum absolute atomic E-state index is 10.9. The predicted molar refractivity (Wildman–Crippen MR) is 93.0 cm³/mol. The highest BCUT2D eigenvalue weighted by Gasteiger charge is 1.99. The summed E-state index contributed by atoms with van der Waals surface area (Å²) in [4.78, 5) is 10.9. The van der Waals surface area contributed by atoms with Gasteiger partial charge in [-0.15, -0.1) is 0 Å². The van der Waals surface area contributed by atoms with Crippen molar-refractivity contribution in [2.45, 2.75) is 96.8 Å². The summed E-state index contributed by atoms with van der Waals surface area (Å²) in [7, 11) is 1.44. The maximum Gasteiger partial charge on any atom is 0.305 e. The highest BCUT2D eigenvalue weighted by molar-refractivity contribution is 5.68. The van der Waals surface area contributed by atoms with Crippen LogP contribution in [0.1, 0.15) is 96.8 Å². The van der Waals surface area contributed by atoms with Gasteiger partial charge in [0.15, 0.2) is 0 Å². The third-order valence-electron chi connectivity index (χ3n) is 3.98. The molecule has 0 rings (SSSR count).